The minimum Gasteiger partial charge on any atom is -0.497 e. The molecule has 0 saturated carbocycles. The standard InChI is InChI=1S/C31H30F3N5O5/c1-30(2,3)44-29(41)39(21-11-9-20(10-12-21)31(32,33)34)24-6-5-16-35-25(24)27-37-36-26(43-27)23-15-17-38(28(23)40)18-19-7-13-22(42-4)14-8-19/h5-14,16,23H,15,17-18H2,1-4H3. The van der Waals surface area contributed by atoms with E-state index in [1.54, 1.807) is 38.8 Å². The second-order valence-electron chi connectivity index (χ2n) is 11.1. The van der Waals surface area contributed by atoms with Crippen molar-refractivity contribution in [1.82, 2.24) is 20.1 Å². The number of aromatic nitrogens is 3. The predicted molar refractivity (Wildman–Crippen MR) is 153 cm³/mol. The van der Waals surface area contributed by atoms with Crippen LogP contribution < -0.4 is 9.64 Å². The normalized spacial score (nSPS) is 15.4. The van der Waals surface area contributed by atoms with Crippen LogP contribution in [0.15, 0.2) is 71.3 Å². The minimum atomic E-state index is -4.56. The van der Waals surface area contributed by atoms with E-state index in [1.165, 1.54) is 12.3 Å². The number of benzene rings is 2. The van der Waals surface area contributed by atoms with Crippen LogP contribution >= 0.6 is 0 Å². The smallest absolute Gasteiger partial charge is 0.419 e. The first-order valence-electron chi connectivity index (χ1n) is 13.7. The van der Waals surface area contributed by atoms with Gasteiger partial charge in [0.1, 0.15) is 17.3 Å². The van der Waals surface area contributed by atoms with E-state index in [1.807, 2.05) is 24.3 Å². The molecule has 2 aromatic carbocycles. The Morgan fingerprint density at radius 3 is 2.39 bits per heavy atom. The molecule has 1 fully saturated rings. The maximum absolute atomic E-state index is 13.4. The van der Waals surface area contributed by atoms with Gasteiger partial charge in [-0.05, 0) is 81.3 Å². The van der Waals surface area contributed by atoms with Crippen LogP contribution in [0.5, 0.6) is 5.75 Å². The summed E-state index contributed by atoms with van der Waals surface area (Å²) in [5, 5.41) is 8.24. The number of hydrogen-bond acceptors (Lipinski definition) is 8. The molecule has 10 nitrogen and oxygen atoms in total. The number of rotatable bonds is 7. The van der Waals surface area contributed by atoms with Gasteiger partial charge in [-0.15, -0.1) is 10.2 Å². The van der Waals surface area contributed by atoms with Crippen molar-refractivity contribution in [2.45, 2.75) is 51.4 Å². The van der Waals surface area contributed by atoms with E-state index in [2.05, 4.69) is 15.2 Å². The first-order chi connectivity index (χ1) is 20.8. The number of amides is 2. The molecule has 1 aliphatic heterocycles. The van der Waals surface area contributed by atoms with E-state index >= 15 is 0 Å². The molecule has 0 aliphatic carbocycles. The average molecular weight is 610 g/mol. The van der Waals surface area contributed by atoms with Gasteiger partial charge < -0.3 is 18.8 Å². The first-order valence-corrected chi connectivity index (χ1v) is 13.7. The first kappa shape index (κ1) is 30.5. The van der Waals surface area contributed by atoms with Crippen LogP contribution in [0.25, 0.3) is 11.6 Å². The number of hydrogen-bond donors (Lipinski definition) is 0. The Bertz CT molecular complexity index is 1630. The van der Waals surface area contributed by atoms with E-state index in [4.69, 9.17) is 13.9 Å². The van der Waals surface area contributed by atoms with Gasteiger partial charge in [0, 0.05) is 19.3 Å². The van der Waals surface area contributed by atoms with Gasteiger partial charge in [0.05, 0.1) is 24.0 Å². The summed E-state index contributed by atoms with van der Waals surface area (Å²) in [5.74, 6) is -0.0965. The molecule has 1 atom stereocenters. The van der Waals surface area contributed by atoms with Gasteiger partial charge >= 0.3 is 12.3 Å². The van der Waals surface area contributed by atoms with Crippen LogP contribution in [0.2, 0.25) is 0 Å². The number of halogens is 3. The molecule has 1 aliphatic rings. The summed E-state index contributed by atoms with van der Waals surface area (Å²) in [6, 6.07) is 14.6. The zero-order valence-corrected chi connectivity index (χ0v) is 24.5. The molecule has 13 heteroatoms. The summed E-state index contributed by atoms with van der Waals surface area (Å²) in [6.07, 6.45) is -3.51. The molecule has 1 unspecified atom stereocenters. The maximum Gasteiger partial charge on any atom is 0.419 e. The Kier molecular flexibility index (Phi) is 8.31. The molecule has 2 amide bonds. The van der Waals surface area contributed by atoms with Crippen molar-refractivity contribution in [1.29, 1.82) is 0 Å². The highest BCUT2D eigenvalue weighted by atomic mass is 19.4. The number of methoxy groups -OCH3 is 1. The van der Waals surface area contributed by atoms with Crippen LogP contribution in [0.4, 0.5) is 29.3 Å². The molecular weight excluding hydrogens is 579 g/mol. The van der Waals surface area contributed by atoms with Gasteiger partial charge in [0.2, 0.25) is 11.8 Å². The fourth-order valence-corrected chi connectivity index (χ4v) is 4.74. The van der Waals surface area contributed by atoms with Gasteiger partial charge in [0.25, 0.3) is 5.89 Å². The fourth-order valence-electron chi connectivity index (χ4n) is 4.74. The van der Waals surface area contributed by atoms with Crippen molar-refractivity contribution in [2.24, 2.45) is 0 Å². The highest BCUT2D eigenvalue weighted by Crippen LogP contribution is 2.38. The third-order valence-electron chi connectivity index (χ3n) is 6.83. The molecule has 0 N–H and O–H groups in total. The van der Waals surface area contributed by atoms with E-state index in [0.717, 1.165) is 40.5 Å². The van der Waals surface area contributed by atoms with Crippen molar-refractivity contribution in [3.05, 3.63) is 83.9 Å². The SMILES string of the molecule is COc1ccc(CN2CCC(c3nnc(-c4ncccc4N(C(=O)OC(C)(C)C)c4ccc(C(F)(F)F)cc4)o3)C2=O)cc1. The topological polar surface area (TPSA) is 111 Å². The number of likely N-dealkylation sites (tertiary alicyclic amines) is 1. The summed E-state index contributed by atoms with van der Waals surface area (Å²) in [6.45, 7) is 5.90. The third kappa shape index (κ3) is 6.66. The third-order valence-corrected chi connectivity index (χ3v) is 6.83. The molecule has 5 rings (SSSR count). The van der Waals surface area contributed by atoms with Crippen molar-refractivity contribution in [3.8, 4) is 17.3 Å². The van der Waals surface area contributed by atoms with E-state index in [9.17, 15) is 22.8 Å². The maximum atomic E-state index is 13.4. The van der Waals surface area contributed by atoms with Crippen molar-refractivity contribution >= 4 is 23.4 Å². The van der Waals surface area contributed by atoms with E-state index < -0.39 is 29.4 Å². The van der Waals surface area contributed by atoms with Crippen molar-refractivity contribution in [2.75, 3.05) is 18.6 Å². The number of nitrogens with zero attached hydrogens (tertiary/aromatic N) is 5. The Morgan fingerprint density at radius 2 is 1.75 bits per heavy atom. The highest BCUT2D eigenvalue weighted by molar-refractivity contribution is 5.99. The molecule has 3 heterocycles. The number of carbonyl (C=O) groups excluding carboxylic acids is 2. The Morgan fingerprint density at radius 1 is 1.05 bits per heavy atom. The van der Waals surface area contributed by atoms with Gasteiger partial charge in [-0.3, -0.25) is 4.79 Å². The number of pyridine rings is 1. The molecule has 230 valence electrons. The summed E-state index contributed by atoms with van der Waals surface area (Å²) in [4.78, 5) is 33.8. The second kappa shape index (κ2) is 12.0. The molecular formula is C31H30F3N5O5. The highest BCUT2D eigenvalue weighted by Gasteiger charge is 2.38. The van der Waals surface area contributed by atoms with Crippen molar-refractivity contribution in [3.63, 3.8) is 0 Å². The van der Waals surface area contributed by atoms with Crippen LogP contribution in [0.1, 0.15) is 50.1 Å². The van der Waals surface area contributed by atoms with Crippen molar-refractivity contribution < 1.29 is 36.7 Å². The van der Waals surface area contributed by atoms with Gasteiger partial charge in [-0.25, -0.2) is 14.7 Å². The molecule has 0 bridgehead atoms. The van der Waals surface area contributed by atoms with Gasteiger partial charge in [0.15, 0.2) is 5.69 Å². The summed E-state index contributed by atoms with van der Waals surface area (Å²) < 4.78 is 56.5. The average Bonchev–Trinajstić information content (AvgIpc) is 3.59. The monoisotopic (exact) mass is 609 g/mol. The van der Waals surface area contributed by atoms with E-state index in [-0.39, 0.29) is 34.8 Å². The largest absolute Gasteiger partial charge is 0.497 e. The van der Waals surface area contributed by atoms with Crippen LogP contribution in [0.3, 0.4) is 0 Å². The number of carbonyl (C=O) groups is 2. The quantitative estimate of drug-likeness (QED) is 0.226. The summed E-state index contributed by atoms with van der Waals surface area (Å²) in [7, 11) is 1.58. The predicted octanol–water partition coefficient (Wildman–Crippen LogP) is 6.75. The molecule has 1 saturated heterocycles. The lowest BCUT2D eigenvalue weighted by atomic mass is 10.1. The van der Waals surface area contributed by atoms with E-state index in [0.29, 0.717) is 19.5 Å². The molecule has 4 aromatic rings. The number of alkyl halides is 3. The zero-order chi connectivity index (χ0) is 31.6. The second-order valence-corrected chi connectivity index (χ2v) is 11.1. The number of ether oxygens (including phenoxy) is 2. The summed E-state index contributed by atoms with van der Waals surface area (Å²) in [5.41, 5.74) is -0.535. The zero-order valence-electron chi connectivity index (χ0n) is 24.5. The van der Waals surface area contributed by atoms with Crippen LogP contribution in [0, 0.1) is 0 Å². The lowest BCUT2D eigenvalue weighted by Crippen LogP contribution is -2.34. The lowest BCUT2D eigenvalue weighted by molar-refractivity contribution is -0.137. The molecule has 0 radical (unpaired) electrons. The minimum absolute atomic E-state index is 0.0718. The Labute approximate surface area is 251 Å². The Hall–Kier alpha value is -4.94. The Balaban J connectivity index is 1.43. The number of anilines is 2. The van der Waals surface area contributed by atoms with Gasteiger partial charge in [-0.1, -0.05) is 12.1 Å². The van der Waals surface area contributed by atoms with Crippen LogP contribution in [-0.4, -0.2) is 51.3 Å². The fraction of sp³-hybridized carbons (Fsp3) is 0.323. The lowest BCUT2D eigenvalue weighted by Gasteiger charge is -2.28. The molecule has 44 heavy (non-hydrogen) atoms. The molecule has 0 spiro atoms. The van der Waals surface area contributed by atoms with Crippen LogP contribution in [-0.2, 0) is 22.3 Å². The van der Waals surface area contributed by atoms with Gasteiger partial charge in [-0.2, -0.15) is 13.2 Å². The molecule has 2 aromatic heterocycles. The summed E-state index contributed by atoms with van der Waals surface area (Å²) >= 11 is 0.